The van der Waals surface area contributed by atoms with Crippen molar-refractivity contribution in [1.82, 2.24) is 4.57 Å². The van der Waals surface area contributed by atoms with Gasteiger partial charge in [-0.25, -0.2) is 9.18 Å². The zero-order valence-corrected chi connectivity index (χ0v) is 11.7. The van der Waals surface area contributed by atoms with Crippen molar-refractivity contribution in [3.05, 3.63) is 53.6 Å². The first-order valence-electron chi connectivity index (χ1n) is 6.32. The summed E-state index contributed by atoms with van der Waals surface area (Å²) in [5.74, 6) is -1.56. The van der Waals surface area contributed by atoms with E-state index in [0.29, 0.717) is 11.4 Å². The number of nitrogens with zero attached hydrogens (tertiary/aromatic N) is 1. The van der Waals surface area contributed by atoms with Crippen LogP contribution in [-0.4, -0.2) is 23.1 Å². The van der Waals surface area contributed by atoms with E-state index >= 15 is 0 Å². The fourth-order valence-electron chi connectivity index (χ4n) is 1.79. The number of carbonyl (C=O) groups is 2. The number of rotatable bonds is 4. The van der Waals surface area contributed by atoms with Crippen molar-refractivity contribution < 1.29 is 18.7 Å². The van der Waals surface area contributed by atoms with Gasteiger partial charge in [0.2, 0.25) is 0 Å². The fraction of sp³-hybridized carbons (Fsp3) is 0.200. The van der Waals surface area contributed by atoms with Gasteiger partial charge in [0.1, 0.15) is 11.5 Å². The SMILES string of the molecule is Cc1ccc(F)cc1NC(=O)COC(=O)c1cccn1C. The highest BCUT2D eigenvalue weighted by Gasteiger charge is 2.13. The molecule has 1 aromatic carbocycles. The van der Waals surface area contributed by atoms with E-state index in [-0.39, 0.29) is 0 Å². The summed E-state index contributed by atoms with van der Waals surface area (Å²) in [6, 6.07) is 7.37. The number of anilines is 1. The normalized spacial score (nSPS) is 10.2. The maximum absolute atomic E-state index is 13.1. The summed E-state index contributed by atoms with van der Waals surface area (Å²) in [5, 5.41) is 2.50. The number of nitrogens with one attached hydrogen (secondary N) is 1. The Kier molecular flexibility index (Phi) is 4.37. The molecule has 0 atom stereocenters. The molecule has 21 heavy (non-hydrogen) atoms. The van der Waals surface area contributed by atoms with Crippen LogP contribution in [0.25, 0.3) is 0 Å². The van der Waals surface area contributed by atoms with Crippen molar-refractivity contribution >= 4 is 17.6 Å². The summed E-state index contributed by atoms with van der Waals surface area (Å²) < 4.78 is 19.6. The summed E-state index contributed by atoms with van der Waals surface area (Å²) >= 11 is 0. The molecular formula is C15H15FN2O3. The van der Waals surface area contributed by atoms with Crippen LogP contribution < -0.4 is 5.32 Å². The molecule has 0 saturated carbocycles. The van der Waals surface area contributed by atoms with Crippen molar-refractivity contribution in [3.8, 4) is 0 Å². The molecule has 6 heteroatoms. The maximum atomic E-state index is 13.1. The lowest BCUT2D eigenvalue weighted by Gasteiger charge is -2.09. The molecular weight excluding hydrogens is 275 g/mol. The second-order valence-electron chi connectivity index (χ2n) is 4.59. The van der Waals surface area contributed by atoms with Crippen LogP contribution in [0.2, 0.25) is 0 Å². The molecule has 110 valence electrons. The summed E-state index contributed by atoms with van der Waals surface area (Å²) in [4.78, 5) is 23.4. The van der Waals surface area contributed by atoms with E-state index in [1.54, 1.807) is 42.9 Å². The number of ether oxygens (including phenoxy) is 1. The third kappa shape index (κ3) is 3.68. The van der Waals surface area contributed by atoms with Gasteiger partial charge in [0.05, 0.1) is 0 Å². The molecule has 0 saturated heterocycles. The highest BCUT2D eigenvalue weighted by Crippen LogP contribution is 2.15. The van der Waals surface area contributed by atoms with E-state index in [4.69, 9.17) is 4.74 Å². The van der Waals surface area contributed by atoms with Gasteiger partial charge in [-0.15, -0.1) is 0 Å². The molecule has 0 aliphatic carbocycles. The summed E-state index contributed by atoms with van der Waals surface area (Å²) in [5.41, 5.74) is 1.43. The van der Waals surface area contributed by atoms with Gasteiger partial charge in [0, 0.05) is 18.9 Å². The van der Waals surface area contributed by atoms with Gasteiger partial charge in [0.25, 0.3) is 5.91 Å². The third-order valence-corrected chi connectivity index (χ3v) is 2.96. The van der Waals surface area contributed by atoms with E-state index in [0.717, 1.165) is 5.56 Å². The molecule has 0 radical (unpaired) electrons. The highest BCUT2D eigenvalue weighted by atomic mass is 19.1. The number of hydrogen-bond acceptors (Lipinski definition) is 3. The van der Waals surface area contributed by atoms with E-state index in [9.17, 15) is 14.0 Å². The third-order valence-electron chi connectivity index (χ3n) is 2.96. The zero-order valence-electron chi connectivity index (χ0n) is 11.7. The summed E-state index contributed by atoms with van der Waals surface area (Å²) in [6.45, 7) is 1.31. The molecule has 0 bridgehead atoms. The van der Waals surface area contributed by atoms with Crippen LogP contribution in [0.4, 0.5) is 10.1 Å². The Bertz CT molecular complexity index is 679. The number of carbonyl (C=O) groups excluding carboxylic acids is 2. The van der Waals surface area contributed by atoms with Crippen molar-refractivity contribution in [1.29, 1.82) is 0 Å². The zero-order chi connectivity index (χ0) is 15.4. The molecule has 2 aromatic rings. The molecule has 1 heterocycles. The average molecular weight is 290 g/mol. The van der Waals surface area contributed by atoms with Gasteiger partial charge >= 0.3 is 5.97 Å². The lowest BCUT2D eigenvalue weighted by atomic mass is 10.2. The van der Waals surface area contributed by atoms with Crippen LogP contribution >= 0.6 is 0 Å². The standard InChI is InChI=1S/C15H15FN2O3/c1-10-5-6-11(16)8-12(10)17-14(19)9-21-15(20)13-4-3-7-18(13)2/h3-8H,9H2,1-2H3,(H,17,19). The van der Waals surface area contributed by atoms with Gasteiger partial charge in [-0.3, -0.25) is 4.79 Å². The van der Waals surface area contributed by atoms with Gasteiger partial charge < -0.3 is 14.6 Å². The fourth-order valence-corrected chi connectivity index (χ4v) is 1.79. The van der Waals surface area contributed by atoms with Crippen LogP contribution in [0.15, 0.2) is 36.5 Å². The molecule has 0 aliphatic rings. The number of esters is 1. The summed E-state index contributed by atoms with van der Waals surface area (Å²) in [7, 11) is 1.70. The first-order chi connectivity index (χ1) is 9.97. The van der Waals surface area contributed by atoms with Gasteiger partial charge in [0.15, 0.2) is 6.61 Å². The quantitative estimate of drug-likeness (QED) is 0.879. The van der Waals surface area contributed by atoms with E-state index < -0.39 is 24.3 Å². The number of amides is 1. The van der Waals surface area contributed by atoms with Crippen molar-refractivity contribution in [2.45, 2.75) is 6.92 Å². The minimum absolute atomic E-state index is 0.352. The van der Waals surface area contributed by atoms with Crippen molar-refractivity contribution in [2.75, 3.05) is 11.9 Å². The Morgan fingerprint density at radius 1 is 1.33 bits per heavy atom. The molecule has 1 aromatic heterocycles. The number of aromatic nitrogens is 1. The Morgan fingerprint density at radius 2 is 2.10 bits per heavy atom. The Labute approximate surface area is 121 Å². The van der Waals surface area contributed by atoms with Gasteiger partial charge in [-0.2, -0.15) is 0 Å². The predicted octanol–water partition coefficient (Wildman–Crippen LogP) is 2.27. The minimum atomic E-state index is -0.589. The summed E-state index contributed by atoms with van der Waals surface area (Å²) in [6.07, 6.45) is 1.70. The first-order valence-corrected chi connectivity index (χ1v) is 6.32. The van der Waals surface area contributed by atoms with Crippen LogP contribution in [0, 0.1) is 12.7 Å². The second kappa shape index (κ2) is 6.21. The maximum Gasteiger partial charge on any atom is 0.355 e. The lowest BCUT2D eigenvalue weighted by molar-refractivity contribution is -0.119. The Balaban J connectivity index is 1.92. The second-order valence-corrected chi connectivity index (χ2v) is 4.59. The Morgan fingerprint density at radius 3 is 2.76 bits per heavy atom. The number of hydrogen-bond donors (Lipinski definition) is 1. The monoisotopic (exact) mass is 290 g/mol. The number of aryl methyl sites for hydroxylation is 2. The number of benzene rings is 1. The average Bonchev–Trinajstić information content (AvgIpc) is 2.86. The van der Waals surface area contributed by atoms with Crippen molar-refractivity contribution in [3.63, 3.8) is 0 Å². The molecule has 1 amide bonds. The minimum Gasteiger partial charge on any atom is -0.451 e. The largest absolute Gasteiger partial charge is 0.451 e. The highest BCUT2D eigenvalue weighted by molar-refractivity contribution is 5.95. The predicted molar refractivity (Wildman–Crippen MR) is 75.5 cm³/mol. The van der Waals surface area contributed by atoms with Crippen LogP contribution in [0.5, 0.6) is 0 Å². The number of halogens is 1. The van der Waals surface area contributed by atoms with Crippen LogP contribution in [-0.2, 0) is 16.6 Å². The molecule has 1 N–H and O–H groups in total. The van der Waals surface area contributed by atoms with Gasteiger partial charge in [-0.05, 0) is 36.8 Å². The Hall–Kier alpha value is -2.63. The van der Waals surface area contributed by atoms with Crippen molar-refractivity contribution in [2.24, 2.45) is 7.05 Å². The van der Waals surface area contributed by atoms with Gasteiger partial charge in [-0.1, -0.05) is 6.07 Å². The lowest BCUT2D eigenvalue weighted by Crippen LogP contribution is -2.22. The van der Waals surface area contributed by atoms with E-state index in [1.807, 2.05) is 0 Å². The molecule has 2 rings (SSSR count). The van der Waals surface area contributed by atoms with Crippen LogP contribution in [0.3, 0.4) is 0 Å². The molecule has 0 aliphatic heterocycles. The molecule has 0 spiro atoms. The van der Waals surface area contributed by atoms with E-state index in [2.05, 4.69) is 5.32 Å². The first kappa shape index (κ1) is 14.8. The molecule has 0 fully saturated rings. The topological polar surface area (TPSA) is 60.3 Å². The molecule has 0 unspecified atom stereocenters. The van der Waals surface area contributed by atoms with Crippen LogP contribution in [0.1, 0.15) is 16.1 Å². The molecule has 5 nitrogen and oxygen atoms in total. The smallest absolute Gasteiger partial charge is 0.355 e. The van der Waals surface area contributed by atoms with E-state index in [1.165, 1.54) is 12.1 Å².